The van der Waals surface area contributed by atoms with Gasteiger partial charge < -0.3 is 9.47 Å². The molecule has 4 rings (SSSR count). The Morgan fingerprint density at radius 1 is 1.06 bits per heavy atom. The number of hydrogen-bond acceptors (Lipinski definition) is 5. The van der Waals surface area contributed by atoms with Gasteiger partial charge in [-0.15, -0.1) is 0 Å². The van der Waals surface area contributed by atoms with Crippen molar-refractivity contribution in [2.24, 2.45) is 5.92 Å². The number of hydrogen-bond donors (Lipinski definition) is 0. The topological polar surface area (TPSA) is 72.9 Å². The van der Waals surface area contributed by atoms with Gasteiger partial charge in [0.15, 0.2) is 5.78 Å². The number of carbonyl (C=O) groups excluding carboxylic acids is 3. The van der Waals surface area contributed by atoms with Gasteiger partial charge in [0.2, 0.25) is 0 Å². The summed E-state index contributed by atoms with van der Waals surface area (Å²) in [5, 5.41) is 0.540. The lowest BCUT2D eigenvalue weighted by Gasteiger charge is -2.42. The van der Waals surface area contributed by atoms with Crippen LogP contribution in [0.1, 0.15) is 44.7 Å². The number of rotatable bonds is 2. The lowest BCUT2D eigenvalue weighted by atomic mass is 9.58. The molecule has 0 fully saturated rings. The van der Waals surface area contributed by atoms with Gasteiger partial charge in [0.1, 0.15) is 16.8 Å². The lowest BCUT2D eigenvalue weighted by Crippen LogP contribution is -2.55. The standard InChI is InChI=1S/C26H26ClNO5/c1-15-20(32-5)14-21(29)26(22(15)16-10-12-17(27)13-11-16)18-8-6-7-9-19(18)28(23(26)30)24(31)33-25(2,3)4/h6-15,22H,1-5H3/t15-,22-,26?/m0/s1. The molecule has 172 valence electrons. The van der Waals surface area contributed by atoms with Crippen molar-refractivity contribution in [3.63, 3.8) is 0 Å². The third-order valence-electron chi connectivity index (χ3n) is 6.23. The minimum Gasteiger partial charge on any atom is -0.501 e. The summed E-state index contributed by atoms with van der Waals surface area (Å²) in [7, 11) is 1.50. The van der Waals surface area contributed by atoms with E-state index in [1.807, 2.05) is 19.1 Å². The molecule has 2 aromatic rings. The molecule has 2 aromatic carbocycles. The number of ketones is 1. The van der Waals surface area contributed by atoms with Gasteiger partial charge in [0.25, 0.3) is 5.91 Å². The highest BCUT2D eigenvalue weighted by atomic mass is 35.5. The second-order valence-electron chi connectivity index (χ2n) is 9.38. The first-order chi connectivity index (χ1) is 15.5. The summed E-state index contributed by atoms with van der Waals surface area (Å²) >= 11 is 6.12. The maximum atomic E-state index is 14.2. The van der Waals surface area contributed by atoms with Crippen LogP contribution in [0.15, 0.2) is 60.4 Å². The Hall–Kier alpha value is -3.12. The van der Waals surface area contributed by atoms with Crippen molar-refractivity contribution in [1.82, 2.24) is 0 Å². The Kier molecular flexibility index (Phi) is 5.61. The van der Waals surface area contributed by atoms with Gasteiger partial charge in [0, 0.05) is 28.5 Å². The van der Waals surface area contributed by atoms with E-state index in [9.17, 15) is 14.4 Å². The van der Waals surface area contributed by atoms with Gasteiger partial charge >= 0.3 is 6.09 Å². The number of allylic oxidation sites excluding steroid dienone is 2. The molecular weight excluding hydrogens is 442 g/mol. The fourth-order valence-corrected chi connectivity index (χ4v) is 5.08. The zero-order valence-electron chi connectivity index (χ0n) is 19.2. The highest BCUT2D eigenvalue weighted by Gasteiger charge is 2.65. The first-order valence-corrected chi connectivity index (χ1v) is 11.1. The smallest absolute Gasteiger partial charge is 0.421 e. The van der Waals surface area contributed by atoms with Crippen LogP contribution in [0.2, 0.25) is 5.02 Å². The Bertz CT molecular complexity index is 1160. The number of anilines is 1. The van der Waals surface area contributed by atoms with E-state index in [4.69, 9.17) is 21.1 Å². The maximum absolute atomic E-state index is 14.2. The number of halogens is 1. The molecule has 6 nitrogen and oxygen atoms in total. The fourth-order valence-electron chi connectivity index (χ4n) is 4.95. The van der Waals surface area contributed by atoms with E-state index >= 15 is 0 Å². The van der Waals surface area contributed by atoms with Crippen molar-refractivity contribution in [1.29, 1.82) is 0 Å². The number of para-hydroxylation sites is 1. The molecule has 0 saturated heterocycles. The SMILES string of the molecule is COC1=CC(=O)C2(C(=O)N(C(=O)OC(C)(C)C)c3ccccc32)[C@H](c2ccc(Cl)cc2)[C@H]1C. The molecule has 0 saturated carbocycles. The number of imide groups is 1. The fraction of sp³-hybridized carbons (Fsp3) is 0.346. The lowest BCUT2D eigenvalue weighted by molar-refractivity contribution is -0.134. The Morgan fingerprint density at radius 3 is 2.30 bits per heavy atom. The highest BCUT2D eigenvalue weighted by molar-refractivity contribution is 6.32. The summed E-state index contributed by atoms with van der Waals surface area (Å²) in [6.45, 7) is 7.09. The molecule has 1 unspecified atom stereocenters. The molecule has 33 heavy (non-hydrogen) atoms. The normalized spacial score (nSPS) is 24.5. The van der Waals surface area contributed by atoms with Crippen LogP contribution in [-0.2, 0) is 24.5 Å². The minimum atomic E-state index is -1.64. The van der Waals surface area contributed by atoms with Crippen LogP contribution in [0, 0.1) is 5.92 Å². The highest BCUT2D eigenvalue weighted by Crippen LogP contribution is 2.56. The molecule has 2 aliphatic rings. The zero-order valence-corrected chi connectivity index (χ0v) is 20.0. The van der Waals surface area contributed by atoms with Gasteiger partial charge in [0.05, 0.1) is 12.8 Å². The monoisotopic (exact) mass is 467 g/mol. The molecule has 2 amide bonds. The molecule has 7 heteroatoms. The quantitative estimate of drug-likeness (QED) is 0.553. The first kappa shape index (κ1) is 23.1. The van der Waals surface area contributed by atoms with Crippen LogP contribution in [-0.4, -0.2) is 30.5 Å². The van der Waals surface area contributed by atoms with Crippen LogP contribution in [0.25, 0.3) is 0 Å². The van der Waals surface area contributed by atoms with Crippen molar-refractivity contribution < 1.29 is 23.9 Å². The van der Waals surface area contributed by atoms with Crippen LogP contribution < -0.4 is 4.90 Å². The molecule has 0 aromatic heterocycles. The van der Waals surface area contributed by atoms with Crippen molar-refractivity contribution in [3.05, 3.63) is 76.5 Å². The van der Waals surface area contributed by atoms with E-state index in [1.165, 1.54) is 13.2 Å². The summed E-state index contributed by atoms with van der Waals surface area (Å²) in [6, 6.07) is 14.0. The molecule has 1 heterocycles. The van der Waals surface area contributed by atoms with E-state index in [1.54, 1.807) is 57.2 Å². The number of methoxy groups -OCH3 is 1. The van der Waals surface area contributed by atoms with Gasteiger partial charge in [-0.1, -0.05) is 48.9 Å². The third kappa shape index (κ3) is 3.53. The first-order valence-electron chi connectivity index (χ1n) is 10.7. The van der Waals surface area contributed by atoms with Crippen molar-refractivity contribution >= 4 is 35.1 Å². The maximum Gasteiger partial charge on any atom is 0.421 e. The number of nitrogens with zero attached hydrogens (tertiary/aromatic N) is 1. The van der Waals surface area contributed by atoms with Crippen LogP contribution >= 0.6 is 11.6 Å². The largest absolute Gasteiger partial charge is 0.501 e. The van der Waals surface area contributed by atoms with Gasteiger partial charge in [-0.3, -0.25) is 9.59 Å². The van der Waals surface area contributed by atoms with Crippen LogP contribution in [0.5, 0.6) is 0 Å². The molecule has 0 bridgehead atoms. The molecule has 1 spiro atoms. The van der Waals surface area contributed by atoms with E-state index in [2.05, 4.69) is 0 Å². The summed E-state index contributed by atoms with van der Waals surface area (Å²) < 4.78 is 11.1. The molecule has 3 atom stereocenters. The van der Waals surface area contributed by atoms with Crippen molar-refractivity contribution in [2.45, 2.75) is 44.6 Å². The number of amides is 2. The van der Waals surface area contributed by atoms with E-state index < -0.39 is 34.7 Å². The minimum absolute atomic E-state index is 0.329. The van der Waals surface area contributed by atoms with Gasteiger partial charge in [-0.2, -0.15) is 0 Å². The number of carbonyl (C=O) groups is 3. The van der Waals surface area contributed by atoms with Crippen LogP contribution in [0.4, 0.5) is 10.5 Å². The third-order valence-corrected chi connectivity index (χ3v) is 6.48. The molecule has 0 N–H and O–H groups in total. The number of fused-ring (bicyclic) bond motifs is 2. The summed E-state index contributed by atoms with van der Waals surface area (Å²) in [5.74, 6) is -1.53. The molecule has 0 radical (unpaired) electrons. The van der Waals surface area contributed by atoms with Crippen molar-refractivity contribution in [3.8, 4) is 0 Å². The summed E-state index contributed by atoms with van der Waals surface area (Å²) in [5.41, 5.74) is -0.875. The van der Waals surface area contributed by atoms with Crippen molar-refractivity contribution in [2.75, 3.05) is 12.0 Å². The zero-order chi connectivity index (χ0) is 24.1. The van der Waals surface area contributed by atoms with Gasteiger partial charge in [-0.05, 0) is 44.5 Å². The predicted octanol–water partition coefficient (Wildman–Crippen LogP) is 5.39. The van der Waals surface area contributed by atoms with Gasteiger partial charge in [-0.25, -0.2) is 9.69 Å². The average Bonchev–Trinajstić information content (AvgIpc) is 3.00. The summed E-state index contributed by atoms with van der Waals surface area (Å²) in [6.07, 6.45) is 0.568. The van der Waals surface area contributed by atoms with E-state index in [-0.39, 0.29) is 5.92 Å². The van der Waals surface area contributed by atoms with E-state index in [0.29, 0.717) is 22.0 Å². The molecule has 1 aliphatic heterocycles. The second kappa shape index (κ2) is 8.03. The average molecular weight is 468 g/mol. The number of benzene rings is 2. The predicted molar refractivity (Wildman–Crippen MR) is 125 cm³/mol. The van der Waals surface area contributed by atoms with E-state index in [0.717, 1.165) is 10.5 Å². The Balaban J connectivity index is 1.99. The number of ether oxygens (including phenoxy) is 2. The Morgan fingerprint density at radius 2 is 1.70 bits per heavy atom. The molecular formula is C26H26ClNO5. The molecule has 1 aliphatic carbocycles. The van der Waals surface area contributed by atoms with Crippen LogP contribution in [0.3, 0.4) is 0 Å². The second-order valence-corrected chi connectivity index (χ2v) is 9.82. The summed E-state index contributed by atoms with van der Waals surface area (Å²) in [4.78, 5) is 42.2. The Labute approximate surface area is 198 Å².